The zero-order valence-electron chi connectivity index (χ0n) is 17.1. The Morgan fingerprint density at radius 2 is 2.00 bits per heavy atom. The van der Waals surface area contributed by atoms with Crippen molar-refractivity contribution in [1.29, 1.82) is 0 Å². The highest BCUT2D eigenvalue weighted by molar-refractivity contribution is 5.85. The quantitative estimate of drug-likeness (QED) is 0.571. The predicted molar refractivity (Wildman–Crippen MR) is 113 cm³/mol. The van der Waals surface area contributed by atoms with Gasteiger partial charge in [-0.1, -0.05) is 31.2 Å². The molecule has 1 amide bonds. The van der Waals surface area contributed by atoms with E-state index in [4.69, 9.17) is 0 Å². The van der Waals surface area contributed by atoms with Gasteiger partial charge in [-0.3, -0.25) is 19.6 Å². The summed E-state index contributed by atoms with van der Waals surface area (Å²) in [5, 5.41) is 18.8. The Hall–Kier alpha value is -2.45. The average Bonchev–Trinajstić information content (AvgIpc) is 2.99. The fourth-order valence-electron chi connectivity index (χ4n) is 3.79. The first-order valence-electron chi connectivity index (χ1n) is 9.69. The van der Waals surface area contributed by atoms with Gasteiger partial charge in [-0.2, -0.15) is 5.10 Å². The van der Waals surface area contributed by atoms with Crippen LogP contribution in [0.5, 0.6) is 0 Å². The van der Waals surface area contributed by atoms with Crippen molar-refractivity contribution in [3.8, 4) is 0 Å². The van der Waals surface area contributed by atoms with E-state index in [-0.39, 0.29) is 36.5 Å². The molecule has 0 aliphatic carbocycles. The molecule has 0 bridgehead atoms. The Balaban J connectivity index is 0.00000300. The second-order valence-electron chi connectivity index (χ2n) is 7.15. The summed E-state index contributed by atoms with van der Waals surface area (Å²) in [6.45, 7) is 7.89. The number of nitrogens with zero attached hydrogens (tertiary/aromatic N) is 4. The summed E-state index contributed by atoms with van der Waals surface area (Å²) in [4.78, 5) is 25.6. The summed E-state index contributed by atoms with van der Waals surface area (Å²) in [5.74, 6) is 0.0428. The molecule has 29 heavy (non-hydrogen) atoms. The molecule has 1 saturated heterocycles. The number of carbonyl (C=O) groups is 1. The molecule has 1 unspecified atom stereocenters. The number of aryl methyl sites for hydroxylation is 3. The first-order valence-corrected chi connectivity index (χ1v) is 9.69. The maximum Gasteiger partial charge on any atom is 0.312 e. The number of rotatable bonds is 6. The van der Waals surface area contributed by atoms with Gasteiger partial charge in [0.05, 0.1) is 17.5 Å². The van der Waals surface area contributed by atoms with E-state index in [1.165, 1.54) is 5.56 Å². The molecule has 1 aliphatic heterocycles. The Labute approximate surface area is 176 Å². The Morgan fingerprint density at radius 3 is 2.59 bits per heavy atom. The fraction of sp³-hybridized carbons (Fsp3) is 0.500. The molecule has 1 fully saturated rings. The number of amides is 1. The largest absolute Gasteiger partial charge is 0.333 e. The van der Waals surface area contributed by atoms with Crippen molar-refractivity contribution in [3.63, 3.8) is 0 Å². The van der Waals surface area contributed by atoms with E-state index in [0.717, 1.165) is 25.1 Å². The van der Waals surface area contributed by atoms with Crippen molar-refractivity contribution in [1.82, 2.24) is 20.0 Å². The highest BCUT2D eigenvalue weighted by Gasteiger charge is 2.28. The lowest BCUT2D eigenvalue weighted by Crippen LogP contribution is -2.48. The highest BCUT2D eigenvalue weighted by Crippen LogP contribution is 2.25. The summed E-state index contributed by atoms with van der Waals surface area (Å²) in [6, 6.07) is 8.42. The van der Waals surface area contributed by atoms with Gasteiger partial charge in [0.2, 0.25) is 5.91 Å². The summed E-state index contributed by atoms with van der Waals surface area (Å²) in [6.07, 6.45) is 1.25. The SMILES string of the molecule is CCc1ccc(C2CNCCN2C(=O)CCn2nc(C)c([N+](=O)[O-])c2C)cc1.Cl. The van der Waals surface area contributed by atoms with Crippen molar-refractivity contribution in [3.05, 3.63) is 56.9 Å². The van der Waals surface area contributed by atoms with Crippen LogP contribution < -0.4 is 5.32 Å². The minimum absolute atomic E-state index is 0. The van der Waals surface area contributed by atoms with Crippen LogP contribution in [0.2, 0.25) is 0 Å². The highest BCUT2D eigenvalue weighted by atomic mass is 35.5. The van der Waals surface area contributed by atoms with Gasteiger partial charge in [-0.25, -0.2) is 0 Å². The Bertz CT molecular complexity index is 866. The molecule has 1 aromatic carbocycles. The molecular formula is C20H28ClN5O3. The molecule has 1 N–H and O–H groups in total. The number of benzene rings is 1. The lowest BCUT2D eigenvalue weighted by atomic mass is 10.0. The standard InChI is InChI=1S/C20H27N5O3.ClH/c1-4-16-5-7-17(8-6-16)18-13-21-10-12-23(18)19(26)9-11-24-15(3)20(25(27)28)14(2)22-24;/h5-8,18,21H,4,9-13H2,1-3H3;1H. The van der Waals surface area contributed by atoms with Crippen LogP contribution in [0.3, 0.4) is 0 Å². The molecule has 2 heterocycles. The van der Waals surface area contributed by atoms with Gasteiger partial charge in [0.25, 0.3) is 0 Å². The molecule has 2 aromatic rings. The lowest BCUT2D eigenvalue weighted by Gasteiger charge is -2.36. The molecule has 1 aliphatic rings. The molecule has 0 saturated carbocycles. The van der Waals surface area contributed by atoms with Crippen molar-refractivity contribution >= 4 is 24.0 Å². The molecule has 3 rings (SSSR count). The second kappa shape index (κ2) is 9.84. The second-order valence-corrected chi connectivity index (χ2v) is 7.15. The van der Waals surface area contributed by atoms with Crippen LogP contribution in [-0.2, 0) is 17.8 Å². The molecule has 0 radical (unpaired) electrons. The number of carbonyl (C=O) groups excluding carboxylic acids is 1. The van der Waals surface area contributed by atoms with Gasteiger partial charge in [-0.15, -0.1) is 12.4 Å². The zero-order chi connectivity index (χ0) is 20.3. The van der Waals surface area contributed by atoms with E-state index < -0.39 is 4.92 Å². The van der Waals surface area contributed by atoms with E-state index in [2.05, 4.69) is 41.6 Å². The number of hydrogen-bond acceptors (Lipinski definition) is 5. The maximum atomic E-state index is 12.9. The summed E-state index contributed by atoms with van der Waals surface area (Å²) >= 11 is 0. The monoisotopic (exact) mass is 421 g/mol. The number of hydrogen-bond donors (Lipinski definition) is 1. The van der Waals surface area contributed by atoms with Crippen LogP contribution in [0, 0.1) is 24.0 Å². The van der Waals surface area contributed by atoms with Crippen molar-refractivity contribution in [2.75, 3.05) is 19.6 Å². The van der Waals surface area contributed by atoms with E-state index >= 15 is 0 Å². The first-order chi connectivity index (χ1) is 13.4. The summed E-state index contributed by atoms with van der Waals surface area (Å²) < 4.78 is 1.57. The molecule has 1 aromatic heterocycles. The fourth-order valence-corrected chi connectivity index (χ4v) is 3.79. The van der Waals surface area contributed by atoms with Crippen LogP contribution in [0.15, 0.2) is 24.3 Å². The van der Waals surface area contributed by atoms with Crippen LogP contribution in [-0.4, -0.2) is 45.1 Å². The van der Waals surface area contributed by atoms with Crippen LogP contribution >= 0.6 is 12.4 Å². The molecule has 9 heteroatoms. The number of aromatic nitrogens is 2. The molecule has 158 valence electrons. The minimum atomic E-state index is -0.414. The lowest BCUT2D eigenvalue weighted by molar-refractivity contribution is -0.386. The van der Waals surface area contributed by atoms with E-state index in [9.17, 15) is 14.9 Å². The summed E-state index contributed by atoms with van der Waals surface area (Å²) in [5.41, 5.74) is 3.30. The van der Waals surface area contributed by atoms with Gasteiger partial charge < -0.3 is 10.2 Å². The van der Waals surface area contributed by atoms with Crippen LogP contribution in [0.1, 0.15) is 41.9 Å². The third kappa shape index (κ3) is 4.94. The normalized spacial score (nSPS) is 16.4. The van der Waals surface area contributed by atoms with Gasteiger partial charge in [0, 0.05) is 26.1 Å². The predicted octanol–water partition coefficient (Wildman–Crippen LogP) is 2.96. The Morgan fingerprint density at radius 1 is 1.31 bits per heavy atom. The van der Waals surface area contributed by atoms with Crippen LogP contribution in [0.4, 0.5) is 5.69 Å². The van der Waals surface area contributed by atoms with Crippen LogP contribution in [0.25, 0.3) is 0 Å². The van der Waals surface area contributed by atoms with Crippen molar-refractivity contribution < 1.29 is 9.72 Å². The molecule has 0 spiro atoms. The third-order valence-corrected chi connectivity index (χ3v) is 5.40. The van der Waals surface area contributed by atoms with E-state index in [1.54, 1.807) is 18.5 Å². The average molecular weight is 422 g/mol. The third-order valence-electron chi connectivity index (χ3n) is 5.40. The van der Waals surface area contributed by atoms with Gasteiger partial charge in [-0.05, 0) is 31.4 Å². The smallest absolute Gasteiger partial charge is 0.312 e. The van der Waals surface area contributed by atoms with Gasteiger partial charge in [0.15, 0.2) is 0 Å². The molecule has 8 nitrogen and oxygen atoms in total. The number of piperazine rings is 1. The van der Waals surface area contributed by atoms with Gasteiger partial charge >= 0.3 is 5.69 Å². The molecular weight excluding hydrogens is 394 g/mol. The number of nitrogens with one attached hydrogen (secondary N) is 1. The number of halogens is 1. The topological polar surface area (TPSA) is 93.3 Å². The Kier molecular flexibility index (Phi) is 7.75. The van der Waals surface area contributed by atoms with E-state index in [1.807, 2.05) is 4.90 Å². The molecule has 1 atom stereocenters. The van der Waals surface area contributed by atoms with Gasteiger partial charge in [0.1, 0.15) is 11.4 Å². The summed E-state index contributed by atoms with van der Waals surface area (Å²) in [7, 11) is 0. The van der Waals surface area contributed by atoms with E-state index in [0.29, 0.717) is 24.5 Å². The number of nitro groups is 1. The van der Waals surface area contributed by atoms with Crippen molar-refractivity contribution in [2.45, 2.75) is 46.2 Å². The van der Waals surface area contributed by atoms with Crippen molar-refractivity contribution in [2.24, 2.45) is 0 Å². The minimum Gasteiger partial charge on any atom is -0.333 e. The first kappa shape index (κ1) is 22.8. The maximum absolute atomic E-state index is 12.9. The zero-order valence-corrected chi connectivity index (χ0v) is 17.9.